The number of amides is 1. The van der Waals surface area contributed by atoms with Crippen LogP contribution in [-0.2, 0) is 4.79 Å². The van der Waals surface area contributed by atoms with Crippen LogP contribution >= 0.6 is 11.8 Å². The third-order valence-electron chi connectivity index (χ3n) is 3.48. The molecule has 0 spiro atoms. The first kappa shape index (κ1) is 17.9. The average Bonchev–Trinajstić information content (AvgIpc) is 2.60. The number of para-hydroxylation sites is 1. The van der Waals surface area contributed by atoms with E-state index in [-0.39, 0.29) is 17.4 Å². The lowest BCUT2D eigenvalue weighted by Gasteiger charge is -2.21. The van der Waals surface area contributed by atoms with E-state index in [4.69, 9.17) is 0 Å². The summed E-state index contributed by atoms with van der Waals surface area (Å²) in [7, 11) is 0. The van der Waals surface area contributed by atoms with Crippen LogP contribution in [0.5, 0.6) is 11.5 Å². The van der Waals surface area contributed by atoms with E-state index in [1.54, 1.807) is 28.8 Å². The lowest BCUT2D eigenvalue weighted by Crippen LogP contribution is -2.30. The van der Waals surface area contributed by atoms with Crippen LogP contribution in [0.1, 0.15) is 12.0 Å². The summed E-state index contributed by atoms with van der Waals surface area (Å²) in [5.41, 5.74) is 1.51. The number of carbonyl (C=O) groups excluding carboxylic acids is 1. The number of phenolic OH excluding ortho intramolecular Hbond substituents is 2. The molecule has 4 nitrogen and oxygen atoms in total. The van der Waals surface area contributed by atoms with Gasteiger partial charge in [-0.25, -0.2) is 0 Å². The van der Waals surface area contributed by atoms with Gasteiger partial charge in [0.25, 0.3) is 5.91 Å². The van der Waals surface area contributed by atoms with E-state index < -0.39 is 0 Å². The first-order chi connectivity index (χ1) is 11.6. The number of carbonyl (C=O) groups is 1. The molecule has 0 aromatic heterocycles. The van der Waals surface area contributed by atoms with Crippen molar-refractivity contribution in [2.75, 3.05) is 23.5 Å². The molecule has 126 valence electrons. The predicted molar refractivity (Wildman–Crippen MR) is 101 cm³/mol. The summed E-state index contributed by atoms with van der Waals surface area (Å²) >= 11 is 1.76. The van der Waals surface area contributed by atoms with E-state index >= 15 is 0 Å². The Bertz CT molecular complexity index is 701. The van der Waals surface area contributed by atoms with Crippen LogP contribution in [0.2, 0.25) is 0 Å². The highest BCUT2D eigenvalue weighted by Gasteiger charge is 2.12. The maximum Gasteiger partial charge on any atom is 0.250 e. The van der Waals surface area contributed by atoms with E-state index in [2.05, 4.69) is 0 Å². The van der Waals surface area contributed by atoms with Gasteiger partial charge in [0.1, 0.15) is 0 Å². The number of hydrogen-bond acceptors (Lipinski definition) is 4. The number of aromatic hydroxyl groups is 2. The minimum Gasteiger partial charge on any atom is -0.504 e. The molecular formula is C19H21NO3S. The highest BCUT2D eigenvalue weighted by molar-refractivity contribution is 7.98. The molecule has 0 unspecified atom stereocenters. The second kappa shape index (κ2) is 9.03. The van der Waals surface area contributed by atoms with Crippen molar-refractivity contribution < 1.29 is 15.0 Å². The minimum absolute atomic E-state index is 0.116. The van der Waals surface area contributed by atoms with Gasteiger partial charge >= 0.3 is 0 Å². The minimum atomic E-state index is -0.204. The van der Waals surface area contributed by atoms with E-state index in [0.29, 0.717) is 12.1 Å². The Kier molecular flexibility index (Phi) is 6.75. The summed E-state index contributed by atoms with van der Waals surface area (Å²) in [6.07, 6.45) is 6.07. The maximum atomic E-state index is 12.6. The number of phenols is 2. The van der Waals surface area contributed by atoms with Gasteiger partial charge in [-0.1, -0.05) is 24.3 Å². The summed E-state index contributed by atoms with van der Waals surface area (Å²) in [5.74, 6) is 0.493. The molecule has 2 aromatic rings. The Balaban J connectivity index is 2.14. The van der Waals surface area contributed by atoms with Crippen LogP contribution in [0.4, 0.5) is 5.69 Å². The molecule has 1 amide bonds. The maximum absolute atomic E-state index is 12.6. The monoisotopic (exact) mass is 343 g/mol. The molecule has 0 bridgehead atoms. The standard InChI is InChI=1S/C19H21NO3S/c1-24-13-5-12-20(16-6-3-2-4-7-16)19(23)11-9-15-8-10-17(21)18(22)14-15/h2-4,6-11,14,21-22H,5,12-13H2,1H3/b11-9+. The molecule has 5 heteroatoms. The molecule has 2 N–H and O–H groups in total. The van der Waals surface area contributed by atoms with Crippen molar-refractivity contribution >= 4 is 29.4 Å². The third kappa shape index (κ3) is 5.06. The topological polar surface area (TPSA) is 60.8 Å². The highest BCUT2D eigenvalue weighted by atomic mass is 32.2. The van der Waals surface area contributed by atoms with E-state index in [0.717, 1.165) is 17.9 Å². The molecule has 2 rings (SSSR count). The molecule has 0 atom stereocenters. The third-order valence-corrected chi connectivity index (χ3v) is 4.18. The largest absolute Gasteiger partial charge is 0.504 e. The van der Waals surface area contributed by atoms with Gasteiger partial charge in [0.2, 0.25) is 0 Å². The smallest absolute Gasteiger partial charge is 0.250 e. The van der Waals surface area contributed by atoms with E-state index in [1.165, 1.54) is 18.2 Å². The Labute approximate surface area is 146 Å². The first-order valence-electron chi connectivity index (χ1n) is 7.67. The fraction of sp³-hybridized carbons (Fsp3) is 0.211. The number of nitrogens with zero attached hydrogens (tertiary/aromatic N) is 1. The van der Waals surface area contributed by atoms with Crippen molar-refractivity contribution in [1.82, 2.24) is 0 Å². The predicted octanol–water partition coefficient (Wildman–Crippen LogP) is 3.90. The average molecular weight is 343 g/mol. The van der Waals surface area contributed by atoms with Gasteiger partial charge in [0.05, 0.1) is 0 Å². The van der Waals surface area contributed by atoms with Crippen molar-refractivity contribution in [1.29, 1.82) is 0 Å². The Hall–Kier alpha value is -2.40. The number of rotatable bonds is 7. The highest BCUT2D eigenvalue weighted by Crippen LogP contribution is 2.25. The zero-order valence-electron chi connectivity index (χ0n) is 13.6. The molecule has 0 saturated heterocycles. The van der Waals surface area contributed by atoms with Crippen molar-refractivity contribution in [3.63, 3.8) is 0 Å². The zero-order chi connectivity index (χ0) is 17.4. The Morgan fingerprint density at radius 2 is 1.88 bits per heavy atom. The second-order valence-corrected chi connectivity index (χ2v) is 6.24. The van der Waals surface area contributed by atoms with Gasteiger partial charge in [0, 0.05) is 18.3 Å². The van der Waals surface area contributed by atoms with Crippen LogP contribution in [-0.4, -0.2) is 34.7 Å². The van der Waals surface area contributed by atoms with Crippen LogP contribution in [0.15, 0.2) is 54.6 Å². The summed E-state index contributed by atoms with van der Waals surface area (Å²) in [6, 6.07) is 14.0. The van der Waals surface area contributed by atoms with Crippen LogP contribution in [0.3, 0.4) is 0 Å². The number of hydrogen-bond donors (Lipinski definition) is 2. The molecule has 0 aliphatic carbocycles. The van der Waals surface area contributed by atoms with E-state index in [1.807, 2.05) is 36.6 Å². The fourth-order valence-electron chi connectivity index (χ4n) is 2.24. The normalized spacial score (nSPS) is 10.9. The van der Waals surface area contributed by atoms with Crippen molar-refractivity contribution in [3.05, 3.63) is 60.2 Å². The van der Waals surface area contributed by atoms with Crippen LogP contribution in [0, 0.1) is 0 Å². The summed E-state index contributed by atoms with van der Waals surface area (Å²) in [5, 5.41) is 18.8. The van der Waals surface area contributed by atoms with Crippen LogP contribution in [0.25, 0.3) is 6.08 Å². The molecule has 24 heavy (non-hydrogen) atoms. The molecular weight excluding hydrogens is 322 g/mol. The van der Waals surface area contributed by atoms with Gasteiger partial charge in [0.15, 0.2) is 11.5 Å². The SMILES string of the molecule is CSCCCN(C(=O)/C=C/c1ccc(O)c(O)c1)c1ccccc1. The fourth-order valence-corrected chi connectivity index (χ4v) is 2.66. The number of benzene rings is 2. The van der Waals surface area contributed by atoms with Gasteiger partial charge in [-0.3, -0.25) is 4.79 Å². The lowest BCUT2D eigenvalue weighted by atomic mass is 10.2. The van der Waals surface area contributed by atoms with Crippen LogP contribution < -0.4 is 4.90 Å². The molecule has 0 aliphatic rings. The molecule has 0 heterocycles. The van der Waals surface area contributed by atoms with E-state index in [9.17, 15) is 15.0 Å². The van der Waals surface area contributed by atoms with Gasteiger partial charge in [-0.2, -0.15) is 11.8 Å². The zero-order valence-corrected chi connectivity index (χ0v) is 14.4. The summed E-state index contributed by atoms with van der Waals surface area (Å²) < 4.78 is 0. The molecule has 0 saturated carbocycles. The molecule has 0 aliphatic heterocycles. The van der Waals surface area contributed by atoms with Gasteiger partial charge in [-0.15, -0.1) is 0 Å². The number of thioether (sulfide) groups is 1. The Morgan fingerprint density at radius 1 is 1.12 bits per heavy atom. The molecule has 0 fully saturated rings. The second-order valence-electron chi connectivity index (χ2n) is 5.25. The van der Waals surface area contributed by atoms with Crippen molar-refractivity contribution in [3.8, 4) is 11.5 Å². The molecule has 2 aromatic carbocycles. The quantitative estimate of drug-likeness (QED) is 0.455. The lowest BCUT2D eigenvalue weighted by molar-refractivity contribution is -0.114. The van der Waals surface area contributed by atoms with Gasteiger partial charge < -0.3 is 15.1 Å². The molecule has 0 radical (unpaired) electrons. The summed E-state index contributed by atoms with van der Waals surface area (Å²) in [4.78, 5) is 14.3. The Morgan fingerprint density at radius 3 is 2.54 bits per heavy atom. The van der Waals surface area contributed by atoms with Crippen molar-refractivity contribution in [2.45, 2.75) is 6.42 Å². The summed E-state index contributed by atoms with van der Waals surface area (Å²) in [6.45, 7) is 0.648. The van der Waals surface area contributed by atoms with Gasteiger partial charge in [-0.05, 0) is 54.3 Å². The van der Waals surface area contributed by atoms with Crippen molar-refractivity contribution in [2.24, 2.45) is 0 Å². The number of anilines is 1. The first-order valence-corrected chi connectivity index (χ1v) is 9.06.